The average molecular weight is 250 g/mol. The van der Waals surface area contributed by atoms with Gasteiger partial charge in [-0.2, -0.15) is 0 Å². The maximum Gasteiger partial charge on any atom is 0.331 e. The van der Waals surface area contributed by atoms with Gasteiger partial charge in [-0.25, -0.2) is 4.79 Å². The van der Waals surface area contributed by atoms with Gasteiger partial charge in [-0.1, -0.05) is 30.0 Å². The number of hydrogen-bond donors (Lipinski definition) is 0. The van der Waals surface area contributed by atoms with Crippen LogP contribution in [0.3, 0.4) is 0 Å². The van der Waals surface area contributed by atoms with Crippen molar-refractivity contribution in [2.45, 2.75) is 18.7 Å². The molecule has 0 spiro atoms. The van der Waals surface area contributed by atoms with Gasteiger partial charge in [-0.15, -0.1) is 0 Å². The molecular weight excluding hydrogens is 236 g/mol. The van der Waals surface area contributed by atoms with E-state index in [1.54, 1.807) is 18.4 Å². The molecule has 1 rings (SSSR count). The Labute approximate surface area is 105 Å². The Morgan fingerprint density at radius 3 is 2.71 bits per heavy atom. The second-order valence-electron chi connectivity index (χ2n) is 3.22. The summed E-state index contributed by atoms with van der Waals surface area (Å²) in [5, 5.41) is 1.62. The van der Waals surface area contributed by atoms with Crippen molar-refractivity contribution in [1.29, 1.82) is 0 Å². The summed E-state index contributed by atoms with van der Waals surface area (Å²) in [7, 11) is 0. The zero-order valence-corrected chi connectivity index (χ0v) is 10.6. The zero-order valence-electron chi connectivity index (χ0n) is 9.80. The van der Waals surface area contributed by atoms with Crippen molar-refractivity contribution in [1.82, 2.24) is 0 Å². The van der Waals surface area contributed by atoms with Crippen LogP contribution in [0.2, 0.25) is 0 Å². The monoisotopic (exact) mass is 250 g/mol. The fourth-order valence-corrected chi connectivity index (χ4v) is 2.04. The number of ketones is 1. The number of benzene rings is 1. The number of thioether (sulfide) groups is 1. The number of Topliss-reactive ketones (excluding diaryl/α,β-unsaturated/α-hetero) is 1. The molecule has 3 nitrogen and oxygen atoms in total. The molecule has 0 saturated carbocycles. The number of esters is 1. The molecule has 0 saturated heterocycles. The first-order valence-corrected chi connectivity index (χ1v) is 6.13. The number of ether oxygens (including phenoxy) is 1. The highest BCUT2D eigenvalue weighted by Crippen LogP contribution is 2.23. The van der Waals surface area contributed by atoms with E-state index in [0.29, 0.717) is 12.2 Å². The van der Waals surface area contributed by atoms with Crippen LogP contribution in [0.1, 0.15) is 24.2 Å². The second kappa shape index (κ2) is 6.91. The van der Waals surface area contributed by atoms with Crippen molar-refractivity contribution in [3.05, 3.63) is 41.3 Å². The third-order valence-electron chi connectivity index (χ3n) is 1.95. The fraction of sp³-hybridized carbons (Fsp3) is 0.231. The van der Waals surface area contributed by atoms with Crippen molar-refractivity contribution in [3.8, 4) is 0 Å². The molecule has 0 aliphatic rings. The van der Waals surface area contributed by atoms with Crippen LogP contribution in [0.15, 0.2) is 40.6 Å². The van der Waals surface area contributed by atoms with Crippen LogP contribution in [-0.2, 0) is 9.53 Å². The van der Waals surface area contributed by atoms with E-state index in [2.05, 4.69) is 0 Å². The van der Waals surface area contributed by atoms with Crippen LogP contribution < -0.4 is 0 Å². The van der Waals surface area contributed by atoms with Gasteiger partial charge in [0.15, 0.2) is 5.78 Å². The lowest BCUT2D eigenvalue weighted by atomic mass is 10.1. The molecule has 1 aromatic carbocycles. The van der Waals surface area contributed by atoms with Gasteiger partial charge in [0.1, 0.15) is 0 Å². The van der Waals surface area contributed by atoms with E-state index < -0.39 is 0 Å². The number of carbonyl (C=O) groups excluding carboxylic acids is 2. The molecule has 0 aliphatic heterocycles. The van der Waals surface area contributed by atoms with Crippen LogP contribution in [-0.4, -0.2) is 18.4 Å². The highest BCUT2D eigenvalue weighted by molar-refractivity contribution is 8.02. The third kappa shape index (κ3) is 4.44. The highest BCUT2D eigenvalue weighted by atomic mass is 32.2. The molecule has 90 valence electrons. The predicted octanol–water partition coefficient (Wildman–Crippen LogP) is 3.06. The smallest absolute Gasteiger partial charge is 0.331 e. The summed E-state index contributed by atoms with van der Waals surface area (Å²) in [5.74, 6) is -0.363. The Hall–Kier alpha value is -1.55. The van der Waals surface area contributed by atoms with Gasteiger partial charge in [0.2, 0.25) is 0 Å². The summed E-state index contributed by atoms with van der Waals surface area (Å²) in [6.45, 7) is 3.64. The van der Waals surface area contributed by atoms with E-state index in [4.69, 9.17) is 4.74 Å². The second-order valence-corrected chi connectivity index (χ2v) is 4.17. The predicted molar refractivity (Wildman–Crippen MR) is 68.1 cm³/mol. The van der Waals surface area contributed by atoms with Crippen LogP contribution >= 0.6 is 11.8 Å². The van der Waals surface area contributed by atoms with Crippen LogP contribution in [0.25, 0.3) is 0 Å². The molecule has 0 unspecified atom stereocenters. The molecule has 0 fully saturated rings. The quantitative estimate of drug-likeness (QED) is 0.348. The van der Waals surface area contributed by atoms with Crippen LogP contribution in [0.4, 0.5) is 0 Å². The Morgan fingerprint density at radius 2 is 2.06 bits per heavy atom. The van der Waals surface area contributed by atoms with E-state index in [1.165, 1.54) is 24.8 Å². The normalized spacial score (nSPS) is 10.5. The SMILES string of the molecule is CCOC(=O)/C=C\Sc1ccccc1C(C)=O. The van der Waals surface area contributed by atoms with Gasteiger partial charge in [0.25, 0.3) is 0 Å². The summed E-state index contributed by atoms with van der Waals surface area (Å²) in [6.07, 6.45) is 1.35. The third-order valence-corrected chi connectivity index (χ3v) is 2.83. The fourth-order valence-electron chi connectivity index (χ4n) is 1.21. The first-order valence-electron chi connectivity index (χ1n) is 5.25. The summed E-state index contributed by atoms with van der Waals surface area (Å²) in [4.78, 5) is 23.2. The Bertz CT molecular complexity index is 438. The molecule has 0 aliphatic carbocycles. The number of hydrogen-bond acceptors (Lipinski definition) is 4. The van der Waals surface area contributed by atoms with E-state index in [9.17, 15) is 9.59 Å². The first-order chi connectivity index (χ1) is 8.15. The summed E-state index contributed by atoms with van der Waals surface area (Å²) >= 11 is 1.33. The van der Waals surface area contributed by atoms with Crippen molar-refractivity contribution in [2.75, 3.05) is 6.61 Å². The van der Waals surface area contributed by atoms with Gasteiger partial charge in [0, 0.05) is 16.5 Å². The number of carbonyl (C=O) groups is 2. The van der Waals surface area contributed by atoms with Crippen molar-refractivity contribution < 1.29 is 14.3 Å². The molecule has 0 radical (unpaired) electrons. The molecule has 17 heavy (non-hydrogen) atoms. The zero-order chi connectivity index (χ0) is 12.7. The molecule has 0 atom stereocenters. The molecule has 1 aromatic rings. The van der Waals surface area contributed by atoms with E-state index in [1.807, 2.05) is 18.2 Å². The maximum atomic E-state index is 11.3. The summed E-state index contributed by atoms with van der Waals surface area (Å²) in [5.41, 5.74) is 0.658. The lowest BCUT2D eigenvalue weighted by Gasteiger charge is -2.02. The lowest BCUT2D eigenvalue weighted by Crippen LogP contribution is -1.98. The minimum Gasteiger partial charge on any atom is -0.463 e. The topological polar surface area (TPSA) is 43.4 Å². The molecule has 0 aromatic heterocycles. The van der Waals surface area contributed by atoms with Gasteiger partial charge < -0.3 is 4.74 Å². The molecule has 0 N–H and O–H groups in total. The van der Waals surface area contributed by atoms with E-state index in [-0.39, 0.29) is 11.8 Å². The minimum atomic E-state index is -0.375. The van der Waals surface area contributed by atoms with E-state index >= 15 is 0 Å². The van der Waals surface area contributed by atoms with E-state index in [0.717, 1.165) is 4.90 Å². The van der Waals surface area contributed by atoms with Gasteiger partial charge in [-0.05, 0) is 25.3 Å². The van der Waals surface area contributed by atoms with Gasteiger partial charge in [0.05, 0.1) is 6.61 Å². The van der Waals surface area contributed by atoms with Crippen LogP contribution in [0.5, 0.6) is 0 Å². The Balaban J connectivity index is 2.69. The first kappa shape index (κ1) is 13.5. The largest absolute Gasteiger partial charge is 0.463 e. The van der Waals surface area contributed by atoms with Crippen LogP contribution in [0, 0.1) is 0 Å². The standard InChI is InChI=1S/C13H14O3S/c1-3-16-13(15)8-9-17-12-7-5-4-6-11(12)10(2)14/h4-9H,3H2,1-2H3/b9-8-. The lowest BCUT2D eigenvalue weighted by molar-refractivity contribution is -0.137. The molecule has 0 amide bonds. The average Bonchev–Trinajstić information content (AvgIpc) is 2.30. The summed E-state index contributed by atoms with van der Waals surface area (Å²) < 4.78 is 4.75. The van der Waals surface area contributed by atoms with Crippen molar-refractivity contribution >= 4 is 23.5 Å². The molecule has 4 heteroatoms. The Kier molecular flexibility index (Phi) is 5.49. The van der Waals surface area contributed by atoms with Crippen molar-refractivity contribution in [2.24, 2.45) is 0 Å². The Morgan fingerprint density at radius 1 is 1.35 bits per heavy atom. The maximum absolute atomic E-state index is 11.3. The minimum absolute atomic E-state index is 0.0117. The van der Waals surface area contributed by atoms with Gasteiger partial charge in [-0.3, -0.25) is 4.79 Å². The molecule has 0 heterocycles. The molecule has 0 bridgehead atoms. The summed E-state index contributed by atoms with van der Waals surface area (Å²) in [6, 6.07) is 7.28. The highest BCUT2D eigenvalue weighted by Gasteiger charge is 2.05. The number of rotatable bonds is 5. The molecular formula is C13H14O3S. The van der Waals surface area contributed by atoms with Crippen molar-refractivity contribution in [3.63, 3.8) is 0 Å². The van der Waals surface area contributed by atoms with Gasteiger partial charge >= 0.3 is 5.97 Å².